The van der Waals surface area contributed by atoms with Crippen LogP contribution < -0.4 is 10.6 Å². The predicted octanol–water partition coefficient (Wildman–Crippen LogP) is 5.79. The zero-order valence-corrected chi connectivity index (χ0v) is 19.4. The molecule has 0 aliphatic rings. The van der Waals surface area contributed by atoms with Crippen molar-refractivity contribution in [1.82, 2.24) is 10.6 Å². The van der Waals surface area contributed by atoms with Crippen LogP contribution in [0.5, 0.6) is 0 Å². The van der Waals surface area contributed by atoms with Crippen molar-refractivity contribution in [2.45, 2.75) is 118 Å². The van der Waals surface area contributed by atoms with Gasteiger partial charge in [-0.15, -0.1) is 0 Å². The maximum Gasteiger partial charge on any atom is 0.407 e. The number of hydrogen-bond acceptors (Lipinski definition) is 4. The lowest BCUT2D eigenvalue weighted by atomic mass is 9.91. The Bertz CT molecular complexity index is 452. The van der Waals surface area contributed by atoms with Gasteiger partial charge in [0.15, 0.2) is 0 Å². The summed E-state index contributed by atoms with van der Waals surface area (Å²) in [5.74, 6) is 0.602. The van der Waals surface area contributed by atoms with E-state index in [4.69, 9.17) is 9.47 Å². The van der Waals surface area contributed by atoms with Crippen molar-refractivity contribution in [3.8, 4) is 0 Å². The number of nitrogens with one attached hydrogen (secondary N) is 2. The number of ether oxygens (including phenoxy) is 2. The minimum Gasteiger partial charge on any atom is -0.444 e. The standard InChI is InChI=1S/C22H44N2O4/c1-9-13-17(10-2)16-18(24-20(26)28-22(6,7)8)14-11-12-15-23-19(25)27-21(3,4)5/h17-18H,9-16H2,1-8H3,(H,23,25)(H,24,26). The summed E-state index contributed by atoms with van der Waals surface area (Å²) >= 11 is 0. The van der Waals surface area contributed by atoms with Crippen molar-refractivity contribution >= 4 is 12.2 Å². The van der Waals surface area contributed by atoms with E-state index in [1.807, 2.05) is 41.5 Å². The van der Waals surface area contributed by atoms with E-state index in [0.717, 1.165) is 38.5 Å². The van der Waals surface area contributed by atoms with Crippen LogP contribution in [0.2, 0.25) is 0 Å². The largest absolute Gasteiger partial charge is 0.444 e. The van der Waals surface area contributed by atoms with E-state index in [1.54, 1.807) is 0 Å². The molecule has 2 amide bonds. The molecule has 0 rings (SSSR count). The molecule has 0 fully saturated rings. The molecule has 0 aliphatic heterocycles. The second-order valence-corrected chi connectivity index (χ2v) is 9.57. The van der Waals surface area contributed by atoms with E-state index in [1.165, 1.54) is 6.42 Å². The maximum atomic E-state index is 12.2. The SMILES string of the molecule is CCCC(CC)CC(CCCCNC(=O)OC(C)(C)C)NC(=O)OC(C)(C)C. The second-order valence-electron chi connectivity index (χ2n) is 9.57. The minimum atomic E-state index is -0.500. The fourth-order valence-corrected chi connectivity index (χ4v) is 3.04. The lowest BCUT2D eigenvalue weighted by molar-refractivity contribution is 0.0491. The van der Waals surface area contributed by atoms with Gasteiger partial charge in [-0.05, 0) is 73.1 Å². The van der Waals surface area contributed by atoms with Crippen molar-refractivity contribution in [3.63, 3.8) is 0 Å². The Labute approximate surface area is 172 Å². The molecule has 28 heavy (non-hydrogen) atoms. The van der Waals surface area contributed by atoms with Crippen molar-refractivity contribution < 1.29 is 19.1 Å². The second kappa shape index (κ2) is 12.9. The average Bonchev–Trinajstić information content (AvgIpc) is 2.50. The lowest BCUT2D eigenvalue weighted by Crippen LogP contribution is -2.40. The monoisotopic (exact) mass is 400 g/mol. The van der Waals surface area contributed by atoms with Gasteiger partial charge in [-0.1, -0.05) is 33.1 Å². The molecule has 0 saturated heterocycles. The van der Waals surface area contributed by atoms with E-state index < -0.39 is 11.2 Å². The summed E-state index contributed by atoms with van der Waals surface area (Å²) in [6, 6.07) is 0.0906. The topological polar surface area (TPSA) is 76.7 Å². The summed E-state index contributed by atoms with van der Waals surface area (Å²) in [6.07, 6.45) is 6.29. The van der Waals surface area contributed by atoms with Crippen LogP contribution in [0.25, 0.3) is 0 Å². The smallest absolute Gasteiger partial charge is 0.407 e. The summed E-state index contributed by atoms with van der Waals surface area (Å²) < 4.78 is 10.7. The van der Waals surface area contributed by atoms with Gasteiger partial charge >= 0.3 is 12.2 Å². The molecular formula is C22H44N2O4. The molecule has 0 aromatic heterocycles. The molecule has 2 N–H and O–H groups in total. The number of amides is 2. The summed E-state index contributed by atoms with van der Waals surface area (Å²) in [6.45, 7) is 16.1. The van der Waals surface area contributed by atoms with E-state index >= 15 is 0 Å². The number of hydrogen-bond donors (Lipinski definition) is 2. The van der Waals surface area contributed by atoms with Crippen LogP contribution in [-0.2, 0) is 9.47 Å². The van der Waals surface area contributed by atoms with Crippen LogP contribution in [0.4, 0.5) is 9.59 Å². The Morgan fingerprint density at radius 1 is 0.857 bits per heavy atom. The van der Waals surface area contributed by atoms with Gasteiger partial charge in [0.05, 0.1) is 0 Å². The highest BCUT2D eigenvalue weighted by Gasteiger charge is 2.21. The first-order valence-electron chi connectivity index (χ1n) is 10.8. The van der Waals surface area contributed by atoms with Crippen LogP contribution >= 0.6 is 0 Å². The van der Waals surface area contributed by atoms with Gasteiger partial charge in [-0.3, -0.25) is 0 Å². The summed E-state index contributed by atoms with van der Waals surface area (Å²) in [7, 11) is 0. The average molecular weight is 401 g/mol. The van der Waals surface area contributed by atoms with Gasteiger partial charge in [0.2, 0.25) is 0 Å². The van der Waals surface area contributed by atoms with Crippen LogP contribution in [0.3, 0.4) is 0 Å². The van der Waals surface area contributed by atoms with Crippen LogP contribution in [0.1, 0.15) is 100 Å². The number of unbranched alkanes of at least 4 members (excludes halogenated alkanes) is 1. The van der Waals surface area contributed by atoms with Crippen molar-refractivity contribution in [2.75, 3.05) is 6.54 Å². The molecule has 6 heteroatoms. The van der Waals surface area contributed by atoms with Crippen LogP contribution in [0, 0.1) is 5.92 Å². The third-order valence-corrected chi connectivity index (χ3v) is 4.26. The molecule has 0 radical (unpaired) electrons. The summed E-state index contributed by atoms with van der Waals surface area (Å²) in [4.78, 5) is 23.9. The number of carbonyl (C=O) groups excluding carboxylic acids is 2. The summed E-state index contributed by atoms with van der Waals surface area (Å²) in [5, 5.41) is 5.84. The zero-order chi connectivity index (χ0) is 21.8. The van der Waals surface area contributed by atoms with Crippen LogP contribution in [0.15, 0.2) is 0 Å². The highest BCUT2D eigenvalue weighted by molar-refractivity contribution is 5.68. The Balaban J connectivity index is 4.47. The molecule has 0 aromatic rings. The number of carbonyl (C=O) groups is 2. The summed E-state index contributed by atoms with van der Waals surface area (Å²) in [5.41, 5.74) is -0.986. The van der Waals surface area contributed by atoms with Gasteiger partial charge in [-0.25, -0.2) is 9.59 Å². The molecular weight excluding hydrogens is 356 g/mol. The molecule has 0 heterocycles. The van der Waals surface area contributed by atoms with Crippen molar-refractivity contribution in [3.05, 3.63) is 0 Å². The highest BCUT2D eigenvalue weighted by Crippen LogP contribution is 2.20. The molecule has 166 valence electrons. The normalized spacial score (nSPS) is 14.1. The Kier molecular flexibility index (Phi) is 12.2. The fraction of sp³-hybridized carbons (Fsp3) is 0.909. The molecule has 0 saturated carbocycles. The van der Waals surface area contributed by atoms with Gasteiger partial charge < -0.3 is 20.1 Å². The van der Waals surface area contributed by atoms with E-state index in [9.17, 15) is 9.59 Å². The fourth-order valence-electron chi connectivity index (χ4n) is 3.04. The quantitative estimate of drug-likeness (QED) is 0.430. The Morgan fingerprint density at radius 2 is 1.43 bits per heavy atom. The van der Waals surface area contributed by atoms with Crippen molar-refractivity contribution in [2.24, 2.45) is 5.92 Å². The van der Waals surface area contributed by atoms with E-state index in [0.29, 0.717) is 12.5 Å². The molecule has 0 aliphatic carbocycles. The third-order valence-electron chi connectivity index (χ3n) is 4.26. The van der Waals surface area contributed by atoms with Gasteiger partial charge in [0, 0.05) is 12.6 Å². The Morgan fingerprint density at radius 3 is 1.93 bits per heavy atom. The molecule has 2 atom stereocenters. The highest BCUT2D eigenvalue weighted by atomic mass is 16.6. The molecule has 0 aromatic carbocycles. The lowest BCUT2D eigenvalue weighted by Gasteiger charge is -2.26. The molecule has 6 nitrogen and oxygen atoms in total. The Hall–Kier alpha value is -1.46. The van der Waals surface area contributed by atoms with Gasteiger partial charge in [-0.2, -0.15) is 0 Å². The minimum absolute atomic E-state index is 0.0906. The van der Waals surface area contributed by atoms with Crippen LogP contribution in [-0.4, -0.2) is 36.0 Å². The van der Waals surface area contributed by atoms with E-state index in [2.05, 4.69) is 24.5 Å². The number of rotatable bonds is 11. The zero-order valence-electron chi connectivity index (χ0n) is 19.4. The third kappa shape index (κ3) is 15.6. The van der Waals surface area contributed by atoms with Crippen molar-refractivity contribution in [1.29, 1.82) is 0 Å². The molecule has 0 bridgehead atoms. The maximum absolute atomic E-state index is 12.2. The van der Waals surface area contributed by atoms with Gasteiger partial charge in [0.25, 0.3) is 0 Å². The molecule has 0 spiro atoms. The van der Waals surface area contributed by atoms with Gasteiger partial charge in [0.1, 0.15) is 11.2 Å². The first-order chi connectivity index (χ1) is 12.9. The van der Waals surface area contributed by atoms with E-state index in [-0.39, 0.29) is 18.2 Å². The predicted molar refractivity (Wildman–Crippen MR) is 115 cm³/mol. The first kappa shape index (κ1) is 26.5. The first-order valence-corrected chi connectivity index (χ1v) is 10.8. The molecule has 2 unspecified atom stereocenters. The number of alkyl carbamates (subject to hydrolysis) is 2.